The molecule has 17 heteroatoms. The Morgan fingerprint density at radius 1 is 0.509 bits per heavy atom. The second-order valence-electron chi connectivity index (χ2n) is 10.3. The molecular formula is C36H25BBrF6N3O6. The summed E-state index contributed by atoms with van der Waals surface area (Å²) in [4.78, 5) is 19.1. The van der Waals surface area contributed by atoms with E-state index in [2.05, 4.69) is 15.9 Å². The molecule has 6 rings (SSSR count). The van der Waals surface area contributed by atoms with E-state index in [1.165, 1.54) is 97.1 Å². The van der Waals surface area contributed by atoms with Gasteiger partial charge in [0.1, 0.15) is 17.5 Å². The highest BCUT2D eigenvalue weighted by atomic mass is 79.9. The molecule has 0 fully saturated rings. The summed E-state index contributed by atoms with van der Waals surface area (Å²) in [5.41, 5.74) is 4.47. The van der Waals surface area contributed by atoms with Crippen molar-refractivity contribution in [3.8, 4) is 22.3 Å². The minimum atomic E-state index is -1.72. The molecule has 0 spiro atoms. The van der Waals surface area contributed by atoms with Crippen LogP contribution in [0.4, 0.5) is 43.4 Å². The summed E-state index contributed by atoms with van der Waals surface area (Å²) in [6.45, 7) is 0. The SMILES string of the molecule is Nc1cccc(-c2ccccc2F)c1F.O=[N+]([O-])c1cccc(-c2ccccc2F)c1F.O=[N+]([O-])c1cccc(Br)c1F.OB(O)c1ccccc1F. The number of rotatable bonds is 5. The molecule has 0 atom stereocenters. The molecule has 6 aromatic carbocycles. The van der Waals surface area contributed by atoms with E-state index in [0.717, 1.165) is 12.1 Å². The molecule has 0 aliphatic carbocycles. The number of benzene rings is 6. The van der Waals surface area contributed by atoms with Gasteiger partial charge in [0.25, 0.3) is 0 Å². The van der Waals surface area contributed by atoms with Gasteiger partial charge in [-0.3, -0.25) is 20.2 Å². The molecule has 4 N–H and O–H groups in total. The first-order valence-corrected chi connectivity index (χ1v) is 15.6. The van der Waals surface area contributed by atoms with E-state index < -0.39 is 63.2 Å². The highest BCUT2D eigenvalue weighted by molar-refractivity contribution is 9.10. The van der Waals surface area contributed by atoms with Crippen molar-refractivity contribution in [2.75, 3.05) is 5.73 Å². The van der Waals surface area contributed by atoms with Gasteiger partial charge in [0.15, 0.2) is 5.82 Å². The van der Waals surface area contributed by atoms with E-state index in [1.807, 2.05) is 0 Å². The van der Waals surface area contributed by atoms with Crippen LogP contribution in [-0.4, -0.2) is 27.0 Å². The van der Waals surface area contributed by atoms with Crippen molar-refractivity contribution >= 4 is 45.6 Å². The zero-order valence-electron chi connectivity index (χ0n) is 26.8. The maximum Gasteiger partial charge on any atom is 0.491 e. The molecular weight excluding hydrogens is 775 g/mol. The maximum atomic E-state index is 13.8. The summed E-state index contributed by atoms with van der Waals surface area (Å²) in [6.07, 6.45) is 0. The predicted molar refractivity (Wildman–Crippen MR) is 192 cm³/mol. The molecule has 0 amide bonds. The largest absolute Gasteiger partial charge is 0.491 e. The van der Waals surface area contributed by atoms with Crippen molar-refractivity contribution in [1.29, 1.82) is 0 Å². The van der Waals surface area contributed by atoms with Crippen LogP contribution in [0.5, 0.6) is 0 Å². The van der Waals surface area contributed by atoms with Crippen LogP contribution in [0.2, 0.25) is 0 Å². The standard InChI is InChI=1S/C12H7F2NO2.C12H9F2N.C6H6BFO2.C6H3BrFNO2/c13-10-6-2-1-4-8(10)9-5-3-7-11(12(9)14)15(16)17;13-10-6-2-1-4-8(10)9-5-3-7-11(15)12(9)14;8-6-4-2-1-3-5(6)7(9)10;7-4-2-1-3-5(6(4)8)9(10)11/h1-7H;1-7H,15H2;1-4,9-10H;1-3H. The summed E-state index contributed by atoms with van der Waals surface area (Å²) in [5.74, 6) is -4.12. The minimum Gasteiger partial charge on any atom is -0.423 e. The molecule has 0 aromatic heterocycles. The summed E-state index contributed by atoms with van der Waals surface area (Å²) < 4.78 is 79.6. The van der Waals surface area contributed by atoms with Crippen LogP contribution < -0.4 is 11.2 Å². The van der Waals surface area contributed by atoms with Gasteiger partial charge in [0, 0.05) is 39.8 Å². The van der Waals surface area contributed by atoms with Gasteiger partial charge >= 0.3 is 18.5 Å². The summed E-state index contributed by atoms with van der Waals surface area (Å²) in [7, 11) is -1.72. The average Bonchev–Trinajstić information content (AvgIpc) is 3.12. The van der Waals surface area contributed by atoms with E-state index >= 15 is 0 Å². The Morgan fingerprint density at radius 2 is 0.906 bits per heavy atom. The number of hydrogen-bond donors (Lipinski definition) is 3. The number of nitro benzene ring substituents is 2. The molecule has 9 nitrogen and oxygen atoms in total. The Labute approximate surface area is 306 Å². The number of nitrogen functional groups attached to an aromatic ring is 1. The number of anilines is 1. The quantitative estimate of drug-likeness (QED) is 0.0518. The zero-order chi connectivity index (χ0) is 39.2. The lowest BCUT2D eigenvalue weighted by Gasteiger charge is -2.06. The Balaban J connectivity index is 0.000000195. The normalized spacial score (nSPS) is 9.98. The van der Waals surface area contributed by atoms with Crippen LogP contribution >= 0.6 is 15.9 Å². The van der Waals surface area contributed by atoms with Crippen molar-refractivity contribution in [2.45, 2.75) is 0 Å². The molecule has 0 aliphatic rings. The maximum absolute atomic E-state index is 13.8. The molecule has 0 bridgehead atoms. The monoisotopic (exact) mass is 799 g/mol. The Kier molecular flexibility index (Phi) is 15.3. The first-order chi connectivity index (χ1) is 25.1. The van der Waals surface area contributed by atoms with Crippen LogP contribution in [0.1, 0.15) is 0 Å². The van der Waals surface area contributed by atoms with Crippen LogP contribution in [0, 0.1) is 55.1 Å². The minimum absolute atomic E-state index is 0.00806. The fourth-order valence-corrected chi connectivity index (χ4v) is 4.66. The van der Waals surface area contributed by atoms with Gasteiger partial charge in [-0.1, -0.05) is 84.9 Å². The third-order valence-corrected chi connectivity index (χ3v) is 7.46. The van der Waals surface area contributed by atoms with Crippen LogP contribution in [-0.2, 0) is 0 Å². The zero-order valence-corrected chi connectivity index (χ0v) is 28.4. The molecule has 0 radical (unpaired) electrons. The molecule has 0 unspecified atom stereocenters. The van der Waals surface area contributed by atoms with E-state index in [0.29, 0.717) is 0 Å². The van der Waals surface area contributed by atoms with Gasteiger partial charge in [-0.25, -0.2) is 17.6 Å². The predicted octanol–water partition coefficient (Wildman–Crippen LogP) is 8.76. The number of hydrogen-bond acceptors (Lipinski definition) is 7. The molecule has 0 heterocycles. The van der Waals surface area contributed by atoms with Crippen LogP contribution in [0.25, 0.3) is 22.3 Å². The fourth-order valence-electron chi connectivity index (χ4n) is 4.30. The third kappa shape index (κ3) is 11.2. The molecule has 6 aromatic rings. The molecule has 53 heavy (non-hydrogen) atoms. The van der Waals surface area contributed by atoms with Gasteiger partial charge in [0.05, 0.1) is 20.0 Å². The smallest absolute Gasteiger partial charge is 0.423 e. The average molecular weight is 800 g/mol. The van der Waals surface area contributed by atoms with Gasteiger partial charge < -0.3 is 15.8 Å². The molecule has 0 saturated carbocycles. The Hall–Kier alpha value is -6.04. The molecule has 272 valence electrons. The molecule has 0 aliphatic heterocycles. The lowest BCUT2D eigenvalue weighted by molar-refractivity contribution is -0.387. The van der Waals surface area contributed by atoms with E-state index in [1.54, 1.807) is 18.2 Å². The first kappa shape index (κ1) is 41.4. The van der Waals surface area contributed by atoms with Crippen molar-refractivity contribution in [2.24, 2.45) is 0 Å². The number of nitrogens with zero attached hydrogens (tertiary/aromatic N) is 2. The third-order valence-electron chi connectivity index (χ3n) is 6.84. The van der Waals surface area contributed by atoms with Gasteiger partial charge in [0.2, 0.25) is 11.6 Å². The Bertz CT molecular complexity index is 2220. The van der Waals surface area contributed by atoms with Crippen molar-refractivity contribution in [3.63, 3.8) is 0 Å². The van der Waals surface area contributed by atoms with Crippen molar-refractivity contribution < 1.29 is 46.2 Å². The first-order valence-electron chi connectivity index (χ1n) is 14.8. The lowest BCUT2D eigenvalue weighted by atomic mass is 9.80. The number of nitrogens with two attached hydrogens (primary N) is 1. The van der Waals surface area contributed by atoms with E-state index in [-0.39, 0.29) is 37.9 Å². The molecule has 0 saturated heterocycles. The second-order valence-corrected chi connectivity index (χ2v) is 11.1. The summed E-state index contributed by atoms with van der Waals surface area (Å²) in [6, 6.07) is 29.2. The van der Waals surface area contributed by atoms with Crippen molar-refractivity contribution in [3.05, 3.63) is 187 Å². The van der Waals surface area contributed by atoms with Crippen LogP contribution in [0.15, 0.2) is 132 Å². The number of nitro groups is 2. The van der Waals surface area contributed by atoms with E-state index in [4.69, 9.17) is 15.8 Å². The highest BCUT2D eigenvalue weighted by Gasteiger charge is 2.20. The van der Waals surface area contributed by atoms with Gasteiger partial charge in [-0.2, -0.15) is 8.78 Å². The second kappa shape index (κ2) is 19.5. The fraction of sp³-hybridized carbons (Fsp3) is 0. The highest BCUT2D eigenvalue weighted by Crippen LogP contribution is 2.31. The topological polar surface area (TPSA) is 153 Å². The van der Waals surface area contributed by atoms with Crippen LogP contribution in [0.3, 0.4) is 0 Å². The summed E-state index contributed by atoms with van der Waals surface area (Å²) >= 11 is 2.83. The summed E-state index contributed by atoms with van der Waals surface area (Å²) in [5, 5.41) is 37.7. The number of halogens is 7. The van der Waals surface area contributed by atoms with Gasteiger partial charge in [-0.15, -0.1) is 0 Å². The van der Waals surface area contributed by atoms with Gasteiger partial charge in [-0.05, 0) is 46.3 Å². The van der Waals surface area contributed by atoms with Crippen molar-refractivity contribution in [1.82, 2.24) is 0 Å². The Morgan fingerprint density at radius 3 is 1.34 bits per heavy atom. The van der Waals surface area contributed by atoms with E-state index in [9.17, 15) is 46.6 Å². The lowest BCUT2D eigenvalue weighted by Crippen LogP contribution is -2.32.